The number of likely N-dealkylation sites (tertiary alicyclic amines) is 1. The van der Waals surface area contributed by atoms with Crippen molar-refractivity contribution in [3.63, 3.8) is 0 Å². The lowest BCUT2D eigenvalue weighted by Crippen LogP contribution is -2.49. The summed E-state index contributed by atoms with van der Waals surface area (Å²) in [6.45, 7) is 1.82. The summed E-state index contributed by atoms with van der Waals surface area (Å²) >= 11 is 1.61. The Kier molecular flexibility index (Phi) is 9.78. The van der Waals surface area contributed by atoms with Gasteiger partial charge in [-0.1, -0.05) is 42.5 Å². The lowest BCUT2D eigenvalue weighted by atomic mass is 10.0. The molecule has 2 atom stereocenters. The number of ether oxygens (including phenoxy) is 1. The molecule has 0 radical (unpaired) electrons. The number of carbonyl (C=O) groups is 3. The molecule has 0 aliphatic carbocycles. The van der Waals surface area contributed by atoms with Crippen LogP contribution in [0.4, 0.5) is 0 Å². The predicted molar refractivity (Wildman–Crippen MR) is 149 cm³/mol. The van der Waals surface area contributed by atoms with Gasteiger partial charge in [0.05, 0.1) is 26.2 Å². The summed E-state index contributed by atoms with van der Waals surface area (Å²) in [5, 5.41) is 5.14. The molecule has 3 aromatic rings. The number of carbonyl (C=O) groups excluding carboxylic acids is 3. The van der Waals surface area contributed by atoms with Crippen LogP contribution in [-0.4, -0.2) is 88.4 Å². The van der Waals surface area contributed by atoms with E-state index in [1.165, 1.54) is 13.4 Å². The molecule has 4 rings (SSSR count). The highest BCUT2D eigenvalue weighted by Gasteiger charge is 2.32. The molecule has 2 heterocycles. The summed E-state index contributed by atoms with van der Waals surface area (Å²) in [5.74, 6) is -0.0410. The van der Waals surface area contributed by atoms with Crippen molar-refractivity contribution in [2.75, 3.05) is 38.8 Å². The van der Waals surface area contributed by atoms with Gasteiger partial charge in [-0.15, -0.1) is 0 Å². The van der Waals surface area contributed by atoms with Crippen LogP contribution in [0, 0.1) is 0 Å². The first-order valence-corrected chi connectivity index (χ1v) is 14.2. The number of nitrogens with one attached hydrogen (secondary N) is 2. The van der Waals surface area contributed by atoms with E-state index in [0.717, 1.165) is 34.9 Å². The van der Waals surface area contributed by atoms with Gasteiger partial charge in [0, 0.05) is 25.7 Å². The Morgan fingerprint density at radius 2 is 2.05 bits per heavy atom. The lowest BCUT2D eigenvalue weighted by Gasteiger charge is -2.31. The molecule has 38 heavy (non-hydrogen) atoms. The maximum absolute atomic E-state index is 13.2. The minimum atomic E-state index is -0.690. The second kappa shape index (κ2) is 13.4. The Labute approximate surface area is 227 Å². The maximum atomic E-state index is 13.2. The molecule has 2 aromatic carbocycles. The van der Waals surface area contributed by atoms with E-state index >= 15 is 0 Å². The van der Waals surface area contributed by atoms with Gasteiger partial charge < -0.3 is 19.9 Å². The molecular weight excluding hydrogens is 502 g/mol. The van der Waals surface area contributed by atoms with Gasteiger partial charge in [0.15, 0.2) is 0 Å². The van der Waals surface area contributed by atoms with Gasteiger partial charge in [0.1, 0.15) is 11.7 Å². The molecule has 10 heteroatoms. The van der Waals surface area contributed by atoms with Crippen LogP contribution in [0.15, 0.2) is 55.0 Å². The first kappa shape index (κ1) is 27.7. The molecule has 1 fully saturated rings. The highest BCUT2D eigenvalue weighted by atomic mass is 32.2. The highest BCUT2D eigenvalue weighted by Crippen LogP contribution is 2.24. The monoisotopic (exact) mass is 537 g/mol. The van der Waals surface area contributed by atoms with Gasteiger partial charge >= 0.3 is 5.97 Å². The fourth-order valence-electron chi connectivity index (χ4n) is 5.04. The number of thioether (sulfide) groups is 1. The number of imidazole rings is 1. The largest absolute Gasteiger partial charge is 0.467 e. The Balaban J connectivity index is 1.54. The van der Waals surface area contributed by atoms with Gasteiger partial charge in [0.25, 0.3) is 5.91 Å². The summed E-state index contributed by atoms with van der Waals surface area (Å²) in [6, 6.07) is 13.6. The fraction of sp³-hybridized carbons (Fsp3) is 0.429. The maximum Gasteiger partial charge on any atom is 0.328 e. The normalized spacial score (nSPS) is 16.1. The van der Waals surface area contributed by atoms with Crippen LogP contribution in [0.5, 0.6) is 0 Å². The Hall–Kier alpha value is -3.37. The van der Waals surface area contributed by atoms with E-state index in [0.29, 0.717) is 31.7 Å². The molecule has 1 unspecified atom stereocenters. The van der Waals surface area contributed by atoms with E-state index in [2.05, 4.69) is 44.5 Å². The zero-order valence-corrected chi connectivity index (χ0v) is 22.7. The number of H-pyrrole nitrogens is 1. The molecule has 1 aromatic heterocycles. The van der Waals surface area contributed by atoms with E-state index in [9.17, 15) is 14.4 Å². The minimum Gasteiger partial charge on any atom is -0.467 e. The number of hydrogen-bond donors (Lipinski definition) is 2. The standard InChI is InChI=1S/C28H35N5O4S/c1-37-28(36)24(12-14-38-2)31-26(34)18-32(16-21-9-5-8-20-7-3-4-11-23(20)21)17-22-10-6-13-33(22)27(35)25-15-29-19-30-25/h3-5,7-9,11,15,19,22,24H,6,10,12-14,16-18H2,1-2H3,(H,29,30)(H,31,34)/t22-,24?/m0/s1. The van der Waals surface area contributed by atoms with Crippen LogP contribution >= 0.6 is 11.8 Å². The average Bonchev–Trinajstić information content (AvgIpc) is 3.63. The molecule has 2 N–H and O–H groups in total. The van der Waals surface area contributed by atoms with Crippen molar-refractivity contribution in [3.8, 4) is 0 Å². The molecule has 1 saturated heterocycles. The van der Waals surface area contributed by atoms with Crippen molar-refractivity contribution in [2.45, 2.75) is 37.9 Å². The summed E-state index contributed by atoms with van der Waals surface area (Å²) in [5.41, 5.74) is 1.57. The van der Waals surface area contributed by atoms with Crippen molar-refractivity contribution < 1.29 is 19.1 Å². The Morgan fingerprint density at radius 3 is 2.82 bits per heavy atom. The van der Waals surface area contributed by atoms with Crippen molar-refractivity contribution >= 4 is 40.3 Å². The zero-order chi connectivity index (χ0) is 26.9. The van der Waals surface area contributed by atoms with Crippen molar-refractivity contribution in [1.82, 2.24) is 25.1 Å². The first-order chi connectivity index (χ1) is 18.5. The minimum absolute atomic E-state index is 0.0403. The van der Waals surface area contributed by atoms with Crippen molar-refractivity contribution in [2.24, 2.45) is 0 Å². The quantitative estimate of drug-likeness (QED) is 0.342. The molecule has 9 nitrogen and oxygen atoms in total. The van der Waals surface area contributed by atoms with Crippen LogP contribution in [-0.2, 0) is 20.9 Å². The van der Waals surface area contributed by atoms with Crippen LogP contribution in [0.1, 0.15) is 35.3 Å². The van der Waals surface area contributed by atoms with Crippen LogP contribution < -0.4 is 5.32 Å². The number of fused-ring (bicyclic) bond motifs is 1. The van der Waals surface area contributed by atoms with E-state index < -0.39 is 12.0 Å². The number of aromatic amines is 1. The third-order valence-corrected chi connectivity index (χ3v) is 7.55. The van der Waals surface area contributed by atoms with Gasteiger partial charge in [-0.25, -0.2) is 9.78 Å². The second-order valence-corrected chi connectivity index (χ2v) is 10.5. The van der Waals surface area contributed by atoms with Crippen LogP contribution in [0.2, 0.25) is 0 Å². The number of rotatable bonds is 12. The van der Waals surface area contributed by atoms with E-state index in [-0.39, 0.29) is 24.4 Å². The van der Waals surface area contributed by atoms with E-state index in [1.807, 2.05) is 29.4 Å². The molecule has 2 amide bonds. The third-order valence-electron chi connectivity index (χ3n) is 6.91. The molecular formula is C28H35N5O4S. The highest BCUT2D eigenvalue weighted by molar-refractivity contribution is 7.98. The smallest absolute Gasteiger partial charge is 0.328 e. The van der Waals surface area contributed by atoms with E-state index in [1.54, 1.807) is 18.0 Å². The number of benzene rings is 2. The lowest BCUT2D eigenvalue weighted by molar-refractivity contribution is -0.145. The predicted octanol–water partition coefficient (Wildman–Crippen LogP) is 3.08. The fourth-order valence-corrected chi connectivity index (χ4v) is 5.52. The summed E-state index contributed by atoms with van der Waals surface area (Å²) in [6.07, 6.45) is 7.26. The Bertz CT molecular complexity index is 1230. The van der Waals surface area contributed by atoms with E-state index in [4.69, 9.17) is 4.74 Å². The van der Waals surface area contributed by atoms with Crippen LogP contribution in [0.3, 0.4) is 0 Å². The number of esters is 1. The molecule has 1 aliphatic heterocycles. The number of aromatic nitrogens is 2. The molecule has 0 saturated carbocycles. The number of nitrogens with zero attached hydrogens (tertiary/aromatic N) is 3. The average molecular weight is 538 g/mol. The topological polar surface area (TPSA) is 108 Å². The number of hydrogen-bond acceptors (Lipinski definition) is 7. The van der Waals surface area contributed by atoms with Gasteiger partial charge in [-0.05, 0) is 47.6 Å². The van der Waals surface area contributed by atoms with Gasteiger partial charge in [-0.2, -0.15) is 11.8 Å². The summed E-state index contributed by atoms with van der Waals surface area (Å²) in [4.78, 5) is 49.4. The second-order valence-electron chi connectivity index (χ2n) is 9.49. The third kappa shape index (κ3) is 6.93. The zero-order valence-electron chi connectivity index (χ0n) is 21.9. The molecule has 0 spiro atoms. The van der Waals surface area contributed by atoms with Gasteiger partial charge in [0.2, 0.25) is 5.91 Å². The SMILES string of the molecule is COC(=O)C(CCSC)NC(=O)CN(Cc1cccc2ccccc12)C[C@@H]1CCCN1C(=O)c1cnc[nH]1. The first-order valence-electron chi connectivity index (χ1n) is 12.8. The van der Waals surface area contributed by atoms with Crippen molar-refractivity contribution in [1.29, 1.82) is 0 Å². The van der Waals surface area contributed by atoms with Crippen LogP contribution in [0.25, 0.3) is 10.8 Å². The number of amides is 2. The van der Waals surface area contributed by atoms with Gasteiger partial charge in [-0.3, -0.25) is 14.5 Å². The summed E-state index contributed by atoms with van der Waals surface area (Å²) in [7, 11) is 1.33. The molecule has 1 aliphatic rings. The van der Waals surface area contributed by atoms with Crippen molar-refractivity contribution in [3.05, 3.63) is 66.2 Å². The molecule has 202 valence electrons. The molecule has 0 bridgehead atoms. The Morgan fingerprint density at radius 1 is 1.24 bits per heavy atom. The number of methoxy groups -OCH3 is 1. The summed E-state index contributed by atoms with van der Waals surface area (Å²) < 4.78 is 4.91.